The summed E-state index contributed by atoms with van der Waals surface area (Å²) < 4.78 is 0. The van der Waals surface area contributed by atoms with Gasteiger partial charge in [-0.3, -0.25) is 0 Å². The van der Waals surface area contributed by atoms with E-state index in [1.165, 1.54) is 6.21 Å². The molecule has 0 radical (unpaired) electrons. The lowest BCUT2D eigenvalue weighted by molar-refractivity contribution is 1.37. The highest BCUT2D eigenvalue weighted by Crippen LogP contribution is 2.17. The Morgan fingerprint density at radius 3 is 2.06 bits per heavy atom. The largest absolute Gasteiger partial charge is 0.309 e. The van der Waals surface area contributed by atoms with E-state index in [1.807, 2.05) is 135 Å². The minimum absolute atomic E-state index is 0.933. The lowest BCUT2D eigenvalue weighted by Gasteiger charge is -2.03. The average Bonchev–Trinajstić information content (AvgIpc) is 3.08. The van der Waals surface area contributed by atoms with Crippen molar-refractivity contribution in [3.63, 3.8) is 0 Å². The topological polar surface area (TPSA) is 23.9 Å². The van der Waals surface area contributed by atoms with E-state index in [0.29, 0.717) is 0 Å². The number of nitrogens with one attached hydrogen (secondary N) is 1. The fourth-order valence-electron chi connectivity index (χ4n) is 3.69. The molecular formula is C46H47N. The first-order chi connectivity index (χ1) is 23.0. The second-order valence-corrected chi connectivity index (χ2v) is 9.72. The van der Waals surface area contributed by atoms with E-state index in [2.05, 4.69) is 75.1 Å². The Bertz CT molecular complexity index is 1660. The minimum atomic E-state index is 0.933. The molecule has 0 fully saturated rings. The van der Waals surface area contributed by atoms with Crippen LogP contribution >= 0.6 is 0 Å². The molecule has 0 aromatic heterocycles. The Kier molecular flexibility index (Phi) is 21.9. The van der Waals surface area contributed by atoms with E-state index in [-0.39, 0.29) is 0 Å². The van der Waals surface area contributed by atoms with Crippen LogP contribution in [0.5, 0.6) is 0 Å². The summed E-state index contributed by atoms with van der Waals surface area (Å²) in [4.78, 5) is 0. The third-order valence-corrected chi connectivity index (χ3v) is 6.10. The van der Waals surface area contributed by atoms with Gasteiger partial charge in [0, 0.05) is 6.21 Å². The molecule has 0 saturated heterocycles. The SMILES string of the molecule is C=C/C=C\C=Cc1cccc(\C=C/C(=C\C=C\C=C/C=C(C=C)/C=C/C=C\C=C)C(/C=C\C)=C/C=N)c1.C=C1C=C=CC/C=C\C1=C. The molecule has 1 heteroatoms. The zero-order chi connectivity index (χ0) is 34.4. The summed E-state index contributed by atoms with van der Waals surface area (Å²) in [6, 6.07) is 8.32. The zero-order valence-corrected chi connectivity index (χ0v) is 27.6. The molecule has 47 heavy (non-hydrogen) atoms. The monoisotopic (exact) mass is 613 g/mol. The van der Waals surface area contributed by atoms with Gasteiger partial charge in [0.2, 0.25) is 0 Å². The van der Waals surface area contributed by atoms with Crippen molar-refractivity contribution in [1.29, 1.82) is 5.41 Å². The molecule has 0 saturated carbocycles. The molecule has 0 unspecified atom stereocenters. The van der Waals surface area contributed by atoms with Gasteiger partial charge in [0.05, 0.1) is 0 Å². The molecule has 0 atom stereocenters. The van der Waals surface area contributed by atoms with Crippen LogP contribution in [0, 0.1) is 5.41 Å². The first-order valence-electron chi connectivity index (χ1n) is 15.4. The smallest absolute Gasteiger partial charge is 0.0183 e. The van der Waals surface area contributed by atoms with E-state index >= 15 is 0 Å². The molecule has 1 aromatic carbocycles. The molecule has 0 bridgehead atoms. The molecule has 0 aliphatic heterocycles. The Balaban J connectivity index is 0.000000933. The summed E-state index contributed by atoms with van der Waals surface area (Å²) >= 11 is 0. The summed E-state index contributed by atoms with van der Waals surface area (Å²) in [6.07, 6.45) is 52.9. The van der Waals surface area contributed by atoms with Crippen molar-refractivity contribution in [2.75, 3.05) is 0 Å². The normalized spacial score (nSPS) is 15.5. The third-order valence-electron chi connectivity index (χ3n) is 6.10. The van der Waals surface area contributed by atoms with E-state index in [0.717, 1.165) is 45.4 Å². The van der Waals surface area contributed by atoms with E-state index in [9.17, 15) is 0 Å². The molecule has 1 aliphatic rings. The van der Waals surface area contributed by atoms with Gasteiger partial charge < -0.3 is 5.41 Å². The first kappa shape index (κ1) is 39.0. The van der Waals surface area contributed by atoms with E-state index < -0.39 is 0 Å². The lowest BCUT2D eigenvalue weighted by Crippen LogP contribution is -1.85. The molecule has 1 nitrogen and oxygen atoms in total. The van der Waals surface area contributed by atoms with Crippen LogP contribution in [0.4, 0.5) is 0 Å². The fourth-order valence-corrected chi connectivity index (χ4v) is 3.69. The van der Waals surface area contributed by atoms with Gasteiger partial charge in [-0.15, -0.1) is 5.73 Å². The molecule has 1 aromatic rings. The maximum atomic E-state index is 7.56. The van der Waals surface area contributed by atoms with Gasteiger partial charge in [-0.05, 0) is 76.6 Å². The molecule has 0 spiro atoms. The molecule has 1 aliphatic carbocycles. The molecule has 2 rings (SSSR count). The summed E-state index contributed by atoms with van der Waals surface area (Å²) in [6.45, 7) is 20.8. The predicted octanol–water partition coefficient (Wildman–Crippen LogP) is 12.8. The summed E-state index contributed by atoms with van der Waals surface area (Å²) in [5.41, 5.74) is 10.1. The summed E-state index contributed by atoms with van der Waals surface area (Å²) in [7, 11) is 0. The van der Waals surface area contributed by atoms with Gasteiger partial charge in [0.25, 0.3) is 0 Å². The van der Waals surface area contributed by atoms with Crippen LogP contribution in [0.2, 0.25) is 0 Å². The van der Waals surface area contributed by atoms with Crippen molar-refractivity contribution in [3.05, 3.63) is 248 Å². The summed E-state index contributed by atoms with van der Waals surface area (Å²) in [5, 5.41) is 7.56. The second-order valence-electron chi connectivity index (χ2n) is 9.72. The maximum absolute atomic E-state index is 7.56. The Morgan fingerprint density at radius 1 is 0.723 bits per heavy atom. The predicted molar refractivity (Wildman–Crippen MR) is 213 cm³/mol. The Hall–Kier alpha value is -6.01. The van der Waals surface area contributed by atoms with Crippen molar-refractivity contribution in [2.45, 2.75) is 13.3 Å². The van der Waals surface area contributed by atoms with E-state index in [4.69, 9.17) is 5.41 Å². The van der Waals surface area contributed by atoms with Crippen molar-refractivity contribution in [3.8, 4) is 0 Å². The zero-order valence-electron chi connectivity index (χ0n) is 27.6. The van der Waals surface area contributed by atoms with Crippen molar-refractivity contribution >= 4 is 18.4 Å². The van der Waals surface area contributed by atoms with Gasteiger partial charge in [0.15, 0.2) is 0 Å². The summed E-state index contributed by atoms with van der Waals surface area (Å²) in [5.74, 6) is 0. The highest BCUT2D eigenvalue weighted by atomic mass is 14.3. The highest BCUT2D eigenvalue weighted by molar-refractivity contribution is 5.74. The van der Waals surface area contributed by atoms with Gasteiger partial charge in [-0.2, -0.15) is 0 Å². The maximum Gasteiger partial charge on any atom is 0.0183 e. The first-order valence-corrected chi connectivity index (χ1v) is 15.4. The van der Waals surface area contributed by atoms with Crippen LogP contribution in [0.25, 0.3) is 12.2 Å². The fraction of sp³-hybridized carbons (Fsp3) is 0.0435. The van der Waals surface area contributed by atoms with Crippen LogP contribution in [0.15, 0.2) is 237 Å². The van der Waals surface area contributed by atoms with Gasteiger partial charge in [0.1, 0.15) is 0 Å². The molecule has 1 N–H and O–H groups in total. The lowest BCUT2D eigenvalue weighted by atomic mass is 10.0. The Labute approximate surface area is 284 Å². The van der Waals surface area contributed by atoms with Crippen molar-refractivity contribution in [1.82, 2.24) is 0 Å². The van der Waals surface area contributed by atoms with Crippen LogP contribution in [0.1, 0.15) is 24.5 Å². The molecule has 0 amide bonds. The number of hydrogen-bond acceptors (Lipinski definition) is 1. The van der Waals surface area contributed by atoms with Crippen molar-refractivity contribution in [2.24, 2.45) is 0 Å². The van der Waals surface area contributed by atoms with Gasteiger partial charge in [-0.25, -0.2) is 0 Å². The molecule has 236 valence electrons. The average molecular weight is 614 g/mol. The van der Waals surface area contributed by atoms with Crippen LogP contribution < -0.4 is 0 Å². The molecular weight excluding hydrogens is 567 g/mol. The van der Waals surface area contributed by atoms with Gasteiger partial charge in [-0.1, -0.05) is 191 Å². The Morgan fingerprint density at radius 2 is 1.38 bits per heavy atom. The van der Waals surface area contributed by atoms with E-state index in [1.54, 1.807) is 18.2 Å². The number of benzene rings is 1. The molecule has 0 heterocycles. The van der Waals surface area contributed by atoms with Crippen LogP contribution in [0.3, 0.4) is 0 Å². The number of rotatable bonds is 15. The van der Waals surface area contributed by atoms with Crippen LogP contribution in [-0.4, -0.2) is 6.21 Å². The van der Waals surface area contributed by atoms with Gasteiger partial charge >= 0.3 is 0 Å². The van der Waals surface area contributed by atoms with Crippen molar-refractivity contribution < 1.29 is 0 Å². The number of allylic oxidation sites excluding steroid dienone is 28. The minimum Gasteiger partial charge on any atom is -0.309 e. The third kappa shape index (κ3) is 19.1. The quantitative estimate of drug-likeness (QED) is 0.116. The van der Waals surface area contributed by atoms with Crippen LogP contribution in [-0.2, 0) is 0 Å². The standard InChI is InChI=1S/C36H37N.C10H10/c1-5-9-11-15-21-32(8-4)22-17-13-14-18-26-36(35(20-7-3)29-30-37)28-27-34-25-19-24-33(31-34)23-16-12-10-6-2;1-9-7-5-3-4-6-8-10(9)2/h5-31,37H,1-2,4H2,3H3;3,6-8H,1-2,4H2/b11-9-,12-10-,17-13-,18-14+,20-7-,21-15+,23-16?,28-27-,32-22+,35-29+,36-26+,37-30?;8-6-. The second kappa shape index (κ2) is 26.4. The highest BCUT2D eigenvalue weighted by Gasteiger charge is 1.98. The number of hydrogen-bond donors (Lipinski definition) is 1.